The Balaban J connectivity index is 3.35. The number of nitro groups is 1. The van der Waals surface area contributed by atoms with E-state index < -0.39 is 16.4 Å². The van der Waals surface area contributed by atoms with E-state index in [1.54, 1.807) is 12.1 Å². The molecule has 7 nitrogen and oxygen atoms in total. The van der Waals surface area contributed by atoms with Crippen molar-refractivity contribution in [2.24, 2.45) is 0 Å². The molecule has 0 atom stereocenters. The normalized spacial score (nSPS) is 10.9. The van der Waals surface area contributed by atoms with Gasteiger partial charge in [-0.3, -0.25) is 20.3 Å². The lowest BCUT2D eigenvalue weighted by molar-refractivity contribution is -0.385. The maximum absolute atomic E-state index is 11.1. The molecule has 0 bridgehead atoms. The number of para-hydroxylation sites is 1. The molecule has 0 spiro atoms. The van der Waals surface area contributed by atoms with Crippen LogP contribution in [-0.2, 0) is 10.3 Å². The van der Waals surface area contributed by atoms with E-state index in [9.17, 15) is 14.9 Å². The van der Waals surface area contributed by atoms with E-state index in [0.29, 0.717) is 5.56 Å². The van der Waals surface area contributed by atoms with Crippen molar-refractivity contribution in [1.82, 2.24) is 0 Å². The van der Waals surface area contributed by atoms with Gasteiger partial charge in [-0.15, -0.1) is 0 Å². The number of benzene rings is 1. The topological polar surface area (TPSA) is 102 Å². The smallest absolute Gasteiger partial charge is 0.283 e. The zero-order valence-electron chi connectivity index (χ0n) is 10.3. The Morgan fingerprint density at radius 3 is 2.50 bits per heavy atom. The number of nitro benzene ring substituents is 1. The highest BCUT2D eigenvalue weighted by Gasteiger charge is 2.28. The third kappa shape index (κ3) is 2.95. The van der Waals surface area contributed by atoms with E-state index in [1.165, 1.54) is 6.07 Å². The molecule has 1 amide bonds. The van der Waals surface area contributed by atoms with Crippen molar-refractivity contribution in [3.05, 3.63) is 33.9 Å². The molecule has 2 N–H and O–H groups in total. The van der Waals surface area contributed by atoms with E-state index in [-0.39, 0.29) is 11.4 Å². The molecule has 0 fully saturated rings. The van der Waals surface area contributed by atoms with E-state index >= 15 is 0 Å². The molecule has 1 rings (SSSR count). The van der Waals surface area contributed by atoms with Gasteiger partial charge in [0, 0.05) is 5.56 Å². The molecule has 98 valence electrons. The molecule has 7 heteroatoms. The molecule has 1 aromatic carbocycles. The van der Waals surface area contributed by atoms with Gasteiger partial charge < -0.3 is 0 Å². The van der Waals surface area contributed by atoms with Gasteiger partial charge in [-0.2, -0.15) is 5.26 Å². The van der Waals surface area contributed by atoms with Crippen molar-refractivity contribution in [2.75, 3.05) is 5.32 Å². The van der Waals surface area contributed by atoms with Gasteiger partial charge in [0.15, 0.2) is 0 Å². The van der Waals surface area contributed by atoms with Gasteiger partial charge in [0.05, 0.1) is 4.92 Å². The maximum Gasteiger partial charge on any atom is 0.443 e. The summed E-state index contributed by atoms with van der Waals surface area (Å²) < 4.78 is 0. The Kier molecular flexibility index (Phi) is 3.87. The third-order valence-electron chi connectivity index (χ3n) is 2.35. The molecule has 0 radical (unpaired) electrons. The van der Waals surface area contributed by atoms with Crippen LogP contribution < -0.4 is 5.32 Å². The second-order valence-corrected chi connectivity index (χ2v) is 4.71. The summed E-state index contributed by atoms with van der Waals surface area (Å²) in [5.41, 5.74) is -0.214. The van der Waals surface area contributed by atoms with Crippen LogP contribution in [0.3, 0.4) is 0 Å². The van der Waals surface area contributed by atoms with Crippen LogP contribution in [0.2, 0.25) is 0 Å². The average Bonchev–Trinajstić information content (AvgIpc) is 2.27. The zero-order valence-corrected chi connectivity index (χ0v) is 10.3. The van der Waals surface area contributed by atoms with Crippen LogP contribution in [0.4, 0.5) is 16.2 Å². The number of rotatable bonds is 2. The molecule has 0 aliphatic carbocycles. The number of amides is 1. The monoisotopic (exact) mass is 254 g/mol. The van der Waals surface area contributed by atoms with Gasteiger partial charge in [0.2, 0.25) is 0 Å². The summed E-state index contributed by atoms with van der Waals surface area (Å²) in [5, 5.41) is 21.4. The van der Waals surface area contributed by atoms with Gasteiger partial charge in [0.25, 0.3) is 5.69 Å². The molecule has 0 aliphatic heterocycles. The average molecular weight is 254 g/mol. The fraction of sp³-hybridized carbons (Fsp3) is 0.364. The Bertz CT molecular complexity index is 479. The summed E-state index contributed by atoms with van der Waals surface area (Å²) in [6.45, 7) is 5.47. The lowest BCUT2D eigenvalue weighted by atomic mass is 9.85. The number of carbonyl (C=O) groups is 1. The van der Waals surface area contributed by atoms with Crippen LogP contribution in [0.5, 0.6) is 0 Å². The Hall–Kier alpha value is -2.15. The zero-order chi connectivity index (χ0) is 13.9. The summed E-state index contributed by atoms with van der Waals surface area (Å²) in [4.78, 5) is 24.9. The van der Waals surface area contributed by atoms with Crippen LogP contribution in [0.25, 0.3) is 0 Å². The fourth-order valence-electron chi connectivity index (χ4n) is 1.58. The van der Waals surface area contributed by atoms with E-state index in [4.69, 9.17) is 5.26 Å². The summed E-state index contributed by atoms with van der Waals surface area (Å²) >= 11 is 0. The Morgan fingerprint density at radius 2 is 2.06 bits per heavy atom. The third-order valence-corrected chi connectivity index (χ3v) is 2.35. The Morgan fingerprint density at radius 1 is 1.44 bits per heavy atom. The summed E-state index contributed by atoms with van der Waals surface area (Å²) in [6.07, 6.45) is -1.18. The molecule has 0 saturated heterocycles. The predicted molar refractivity (Wildman–Crippen MR) is 64.5 cm³/mol. The number of nitrogens with one attached hydrogen (secondary N) is 1. The second-order valence-electron chi connectivity index (χ2n) is 4.71. The van der Waals surface area contributed by atoms with Crippen molar-refractivity contribution in [1.29, 1.82) is 0 Å². The summed E-state index contributed by atoms with van der Waals surface area (Å²) in [6, 6.07) is 4.57. The molecule has 0 saturated carbocycles. The standard InChI is InChI=1S/C11H14N2O5/c1-11(2,3)7-5-4-6-8(9(7)13(15)16)12-10(14)18-17/h4-6,17H,1-3H3,(H,12,14). The molecule has 0 unspecified atom stereocenters. The number of carbonyl (C=O) groups excluding carboxylic acids is 1. The lowest BCUT2D eigenvalue weighted by Crippen LogP contribution is -2.17. The number of hydrogen-bond donors (Lipinski definition) is 2. The van der Waals surface area contributed by atoms with Crippen LogP contribution in [0.15, 0.2) is 18.2 Å². The van der Waals surface area contributed by atoms with Gasteiger partial charge in [-0.1, -0.05) is 32.9 Å². The molecule has 0 heterocycles. The molecule has 1 aromatic rings. The van der Waals surface area contributed by atoms with Crippen molar-refractivity contribution >= 4 is 17.5 Å². The Labute approximate surface area is 103 Å². The largest absolute Gasteiger partial charge is 0.443 e. The van der Waals surface area contributed by atoms with Crippen LogP contribution in [-0.4, -0.2) is 16.3 Å². The van der Waals surface area contributed by atoms with Gasteiger partial charge in [-0.25, -0.2) is 4.79 Å². The first kappa shape index (κ1) is 13.9. The number of nitrogens with zero attached hydrogens (tertiary/aromatic N) is 1. The van der Waals surface area contributed by atoms with Crippen molar-refractivity contribution < 1.29 is 19.9 Å². The second kappa shape index (κ2) is 5.01. The maximum atomic E-state index is 11.1. The van der Waals surface area contributed by atoms with E-state index in [1.807, 2.05) is 20.8 Å². The van der Waals surface area contributed by atoms with Crippen LogP contribution >= 0.6 is 0 Å². The minimum atomic E-state index is -1.18. The first-order valence-electron chi connectivity index (χ1n) is 5.17. The van der Waals surface area contributed by atoms with Crippen LogP contribution in [0, 0.1) is 10.1 Å². The summed E-state index contributed by atoms with van der Waals surface area (Å²) in [5.74, 6) is 0. The molecule has 0 aliphatic rings. The van der Waals surface area contributed by atoms with Crippen molar-refractivity contribution in [2.45, 2.75) is 26.2 Å². The molecular weight excluding hydrogens is 240 g/mol. The highest BCUT2D eigenvalue weighted by atomic mass is 17.1. The first-order chi connectivity index (χ1) is 8.27. The van der Waals surface area contributed by atoms with Gasteiger partial charge >= 0.3 is 6.09 Å². The molecule has 18 heavy (non-hydrogen) atoms. The SMILES string of the molecule is CC(C)(C)c1cccc(NC(=O)OO)c1[N+](=O)[O-]. The number of anilines is 1. The lowest BCUT2D eigenvalue weighted by Gasteiger charge is -2.19. The predicted octanol–water partition coefficient (Wildman–Crippen LogP) is 2.91. The van der Waals surface area contributed by atoms with Gasteiger partial charge in [-0.05, 0) is 11.5 Å². The van der Waals surface area contributed by atoms with E-state index in [2.05, 4.69) is 10.2 Å². The number of hydrogen-bond acceptors (Lipinski definition) is 5. The molecule has 0 aromatic heterocycles. The quantitative estimate of drug-likeness (QED) is 0.480. The highest BCUT2D eigenvalue weighted by Crippen LogP contribution is 2.36. The van der Waals surface area contributed by atoms with E-state index in [0.717, 1.165) is 0 Å². The highest BCUT2D eigenvalue weighted by molar-refractivity contribution is 5.88. The van der Waals surface area contributed by atoms with Crippen molar-refractivity contribution in [3.63, 3.8) is 0 Å². The fourth-order valence-corrected chi connectivity index (χ4v) is 1.58. The van der Waals surface area contributed by atoms with Crippen LogP contribution in [0.1, 0.15) is 26.3 Å². The van der Waals surface area contributed by atoms with Gasteiger partial charge in [0.1, 0.15) is 5.69 Å². The summed E-state index contributed by atoms with van der Waals surface area (Å²) in [7, 11) is 0. The molecular formula is C11H14N2O5. The van der Waals surface area contributed by atoms with Crippen molar-refractivity contribution in [3.8, 4) is 0 Å². The minimum absolute atomic E-state index is 0.0218. The minimum Gasteiger partial charge on any atom is -0.283 e. The first-order valence-corrected chi connectivity index (χ1v) is 5.17.